The van der Waals surface area contributed by atoms with E-state index < -0.39 is 11.8 Å². The van der Waals surface area contributed by atoms with Gasteiger partial charge >= 0.3 is 5.97 Å². The molecule has 1 heterocycles. The summed E-state index contributed by atoms with van der Waals surface area (Å²) in [4.78, 5) is 24.4. The van der Waals surface area contributed by atoms with Crippen LogP contribution in [-0.4, -0.2) is 16.3 Å². The summed E-state index contributed by atoms with van der Waals surface area (Å²) in [5.74, 6) is -1.67. The van der Waals surface area contributed by atoms with Crippen molar-refractivity contribution in [3.63, 3.8) is 0 Å². The van der Waals surface area contributed by atoms with Crippen LogP contribution in [0.3, 0.4) is 0 Å². The Kier molecular flexibility index (Phi) is 4.54. The van der Waals surface area contributed by atoms with Gasteiger partial charge in [-0.1, -0.05) is 23.2 Å². The van der Waals surface area contributed by atoms with Crippen molar-refractivity contribution in [1.82, 2.24) is 4.57 Å². The topological polar surface area (TPSA) is 48.3 Å². The highest BCUT2D eigenvalue weighted by atomic mass is 35.5. The van der Waals surface area contributed by atoms with Gasteiger partial charge in [-0.3, -0.25) is 9.59 Å². The maximum Gasteiger partial charge on any atom is 0.308 e. The molecule has 0 saturated heterocycles. The first-order chi connectivity index (χ1) is 11.8. The Bertz CT molecular complexity index is 1010. The van der Waals surface area contributed by atoms with Crippen molar-refractivity contribution in [3.05, 3.63) is 63.5 Å². The highest BCUT2D eigenvalue weighted by molar-refractivity contribution is 6.31. The normalized spacial score (nSPS) is 10.9. The number of esters is 1. The summed E-state index contributed by atoms with van der Waals surface area (Å²) in [6, 6.07) is 8.83. The summed E-state index contributed by atoms with van der Waals surface area (Å²) in [5, 5.41) is 0.688. The van der Waals surface area contributed by atoms with Crippen LogP contribution in [0.15, 0.2) is 36.4 Å². The number of carbonyl (C=O) groups is 2. The molecule has 0 amide bonds. The van der Waals surface area contributed by atoms with Crippen molar-refractivity contribution in [2.45, 2.75) is 6.92 Å². The minimum Gasteiger partial charge on any atom is -0.424 e. The Hall–Kier alpha value is -2.37. The first-order valence-corrected chi connectivity index (χ1v) is 8.01. The molecular weight excluding hydrogens is 368 g/mol. The van der Waals surface area contributed by atoms with E-state index in [-0.39, 0.29) is 27.6 Å². The quantitative estimate of drug-likeness (QED) is 0.485. The van der Waals surface area contributed by atoms with Crippen LogP contribution in [0, 0.1) is 5.82 Å². The van der Waals surface area contributed by atoms with Gasteiger partial charge in [0.25, 0.3) is 0 Å². The van der Waals surface area contributed by atoms with E-state index >= 15 is 0 Å². The Labute approximate surface area is 152 Å². The van der Waals surface area contributed by atoms with Crippen molar-refractivity contribution in [2.75, 3.05) is 0 Å². The van der Waals surface area contributed by atoms with Crippen LogP contribution in [0.4, 0.5) is 4.39 Å². The van der Waals surface area contributed by atoms with Gasteiger partial charge in [0.15, 0.2) is 5.75 Å². The number of aromatic nitrogens is 1. The van der Waals surface area contributed by atoms with Crippen LogP contribution in [0.5, 0.6) is 5.75 Å². The third-order valence-corrected chi connectivity index (χ3v) is 4.30. The van der Waals surface area contributed by atoms with E-state index in [2.05, 4.69) is 0 Å². The van der Waals surface area contributed by atoms with E-state index in [9.17, 15) is 14.0 Å². The van der Waals surface area contributed by atoms with Crippen molar-refractivity contribution >= 4 is 45.9 Å². The van der Waals surface area contributed by atoms with Gasteiger partial charge < -0.3 is 9.30 Å². The van der Waals surface area contributed by atoms with Crippen LogP contribution in [0.1, 0.15) is 23.0 Å². The molecule has 0 bridgehead atoms. The second-order valence-electron chi connectivity index (χ2n) is 5.45. The monoisotopic (exact) mass is 379 g/mol. The molecule has 0 unspecified atom stereocenters. The number of ether oxygens (including phenoxy) is 1. The number of benzene rings is 2. The first-order valence-electron chi connectivity index (χ1n) is 7.25. The Morgan fingerprint density at radius 1 is 1.12 bits per heavy atom. The molecule has 0 saturated carbocycles. The second-order valence-corrected chi connectivity index (χ2v) is 6.29. The number of carbonyl (C=O) groups excluding carboxylic acids is 2. The van der Waals surface area contributed by atoms with Crippen molar-refractivity contribution in [3.8, 4) is 5.75 Å². The molecule has 7 heteroatoms. The van der Waals surface area contributed by atoms with E-state index in [4.69, 9.17) is 27.9 Å². The molecule has 0 spiro atoms. The third-order valence-electron chi connectivity index (χ3n) is 3.76. The lowest BCUT2D eigenvalue weighted by Crippen LogP contribution is -2.11. The number of hydrogen-bond donors (Lipinski definition) is 0. The van der Waals surface area contributed by atoms with Crippen molar-refractivity contribution in [1.29, 1.82) is 0 Å². The van der Waals surface area contributed by atoms with Gasteiger partial charge in [-0.2, -0.15) is 0 Å². The van der Waals surface area contributed by atoms with E-state index in [1.807, 2.05) is 0 Å². The second kappa shape index (κ2) is 6.50. The third kappa shape index (κ3) is 3.13. The molecule has 4 nitrogen and oxygen atoms in total. The fraction of sp³-hybridized carbons (Fsp3) is 0.111. The molecule has 2 aromatic carbocycles. The summed E-state index contributed by atoms with van der Waals surface area (Å²) in [7, 11) is 1.62. The molecule has 0 aliphatic heterocycles. The molecule has 0 aliphatic rings. The molecule has 25 heavy (non-hydrogen) atoms. The van der Waals surface area contributed by atoms with Gasteiger partial charge in [0.1, 0.15) is 11.5 Å². The highest BCUT2D eigenvalue weighted by Gasteiger charge is 2.25. The Morgan fingerprint density at radius 3 is 2.36 bits per heavy atom. The minimum atomic E-state index is -0.668. The van der Waals surface area contributed by atoms with Gasteiger partial charge in [0.05, 0.1) is 10.5 Å². The van der Waals surface area contributed by atoms with Crippen LogP contribution < -0.4 is 4.74 Å². The number of rotatable bonds is 3. The highest BCUT2D eigenvalue weighted by Crippen LogP contribution is 2.36. The van der Waals surface area contributed by atoms with Crippen molar-refractivity contribution < 1.29 is 18.7 Å². The zero-order valence-corrected chi connectivity index (χ0v) is 14.8. The molecular formula is C18H12Cl2FNO3. The van der Waals surface area contributed by atoms with E-state index in [1.54, 1.807) is 31.3 Å². The van der Waals surface area contributed by atoms with Gasteiger partial charge in [-0.05, 0) is 36.4 Å². The van der Waals surface area contributed by atoms with Crippen LogP contribution in [0.25, 0.3) is 10.9 Å². The molecule has 0 fully saturated rings. The van der Waals surface area contributed by atoms with Crippen LogP contribution >= 0.6 is 23.2 Å². The SMILES string of the molecule is CC(=O)Oc1c(C(=O)c2ccc(Cl)cc2)n(C)c2cc(Cl)c(F)cc12. The largest absolute Gasteiger partial charge is 0.424 e. The van der Waals surface area contributed by atoms with Crippen LogP contribution in [-0.2, 0) is 11.8 Å². The number of hydrogen-bond acceptors (Lipinski definition) is 3. The molecule has 3 aromatic rings. The summed E-state index contributed by atoms with van der Waals surface area (Å²) in [5.41, 5.74) is 0.949. The van der Waals surface area contributed by atoms with E-state index in [0.717, 1.165) is 6.07 Å². The maximum absolute atomic E-state index is 13.9. The lowest BCUT2D eigenvalue weighted by molar-refractivity contribution is -0.131. The van der Waals surface area contributed by atoms with E-state index in [0.29, 0.717) is 16.1 Å². The molecule has 0 atom stereocenters. The number of nitrogens with zero attached hydrogens (tertiary/aromatic N) is 1. The number of halogens is 3. The van der Waals surface area contributed by atoms with Gasteiger partial charge in [0, 0.05) is 29.9 Å². The summed E-state index contributed by atoms with van der Waals surface area (Å²) < 4.78 is 20.6. The molecule has 1 aromatic heterocycles. The van der Waals surface area contributed by atoms with Crippen molar-refractivity contribution in [2.24, 2.45) is 7.05 Å². The molecule has 0 aliphatic carbocycles. The standard InChI is InChI=1S/C18H12Cl2FNO3/c1-9(23)25-18-12-7-14(21)13(20)8-15(12)22(2)16(18)17(24)10-3-5-11(19)6-4-10/h3-8H,1-2H3. The van der Waals surface area contributed by atoms with Gasteiger partial charge in [-0.15, -0.1) is 0 Å². The fourth-order valence-corrected chi connectivity index (χ4v) is 2.92. The maximum atomic E-state index is 13.9. The average Bonchev–Trinajstić information content (AvgIpc) is 2.80. The summed E-state index contributed by atoms with van der Waals surface area (Å²) >= 11 is 11.7. The lowest BCUT2D eigenvalue weighted by Gasteiger charge is -2.07. The minimum absolute atomic E-state index is 0.000478. The molecule has 0 N–H and O–H groups in total. The van der Waals surface area contributed by atoms with E-state index in [1.165, 1.54) is 17.6 Å². The average molecular weight is 380 g/mol. The predicted octanol–water partition coefficient (Wildman–Crippen LogP) is 4.78. The fourth-order valence-electron chi connectivity index (χ4n) is 2.64. The van der Waals surface area contributed by atoms with Gasteiger partial charge in [0.2, 0.25) is 5.78 Å². The van der Waals surface area contributed by atoms with Gasteiger partial charge in [-0.25, -0.2) is 4.39 Å². The number of fused-ring (bicyclic) bond motifs is 1. The molecule has 0 radical (unpaired) electrons. The molecule has 128 valence electrons. The Morgan fingerprint density at radius 2 is 1.76 bits per heavy atom. The predicted molar refractivity (Wildman–Crippen MR) is 94.1 cm³/mol. The summed E-state index contributed by atoms with van der Waals surface area (Å²) in [6.07, 6.45) is 0. The smallest absolute Gasteiger partial charge is 0.308 e. The first kappa shape index (κ1) is 17.5. The Balaban J connectivity index is 2.28. The summed E-state index contributed by atoms with van der Waals surface area (Å²) in [6.45, 7) is 1.21. The zero-order chi connectivity index (χ0) is 18.3. The number of aryl methyl sites for hydroxylation is 1. The lowest BCUT2D eigenvalue weighted by atomic mass is 10.1. The van der Waals surface area contributed by atoms with Crippen LogP contribution in [0.2, 0.25) is 10.0 Å². The zero-order valence-electron chi connectivity index (χ0n) is 13.3. The molecule has 3 rings (SSSR count). The number of ketones is 1.